The molecule has 180 valence electrons. The maximum atomic E-state index is 12.8. The molecule has 1 atom stereocenters. The normalized spacial score (nSPS) is 14.7. The Morgan fingerprint density at radius 2 is 1.69 bits per heavy atom. The molecule has 2 heterocycles. The molecule has 1 aliphatic heterocycles. The number of carbonyl (C=O) groups is 1. The second-order valence-electron chi connectivity index (χ2n) is 7.51. The van der Waals surface area contributed by atoms with Crippen LogP contribution in [-0.4, -0.2) is 37.2 Å². The molecule has 35 heavy (non-hydrogen) atoms. The zero-order valence-electron chi connectivity index (χ0n) is 18.7. The van der Waals surface area contributed by atoms with Gasteiger partial charge in [0.15, 0.2) is 0 Å². The molecule has 3 aromatic rings. The van der Waals surface area contributed by atoms with Gasteiger partial charge in [-0.25, -0.2) is 9.48 Å². The van der Waals surface area contributed by atoms with Crippen LogP contribution in [0.3, 0.4) is 0 Å². The van der Waals surface area contributed by atoms with Crippen molar-refractivity contribution in [1.29, 1.82) is 0 Å². The number of fused-ring (bicyclic) bond motifs is 1. The number of hydrogen-bond acceptors (Lipinski definition) is 10. The number of esters is 1. The van der Waals surface area contributed by atoms with E-state index in [4.69, 9.17) is 4.74 Å². The van der Waals surface area contributed by atoms with Crippen LogP contribution in [0.1, 0.15) is 31.0 Å². The number of carbonyl (C=O) groups excluding carboxylic acids is 1. The van der Waals surface area contributed by atoms with Crippen LogP contribution in [0.25, 0.3) is 0 Å². The van der Waals surface area contributed by atoms with Gasteiger partial charge >= 0.3 is 5.97 Å². The van der Waals surface area contributed by atoms with Crippen molar-refractivity contribution in [3.63, 3.8) is 0 Å². The number of thioether (sulfide) groups is 1. The molecule has 0 saturated carbocycles. The van der Waals surface area contributed by atoms with Crippen LogP contribution in [-0.2, 0) is 15.3 Å². The van der Waals surface area contributed by atoms with Gasteiger partial charge in [-0.15, -0.1) is 5.10 Å². The Balaban J connectivity index is 1.65. The summed E-state index contributed by atoms with van der Waals surface area (Å²) < 4.78 is 6.81. The summed E-state index contributed by atoms with van der Waals surface area (Å²) in [6, 6.07) is 11.4. The quantitative estimate of drug-likeness (QED) is 0.207. The summed E-state index contributed by atoms with van der Waals surface area (Å²) in [7, 11) is 0. The number of nitrogens with zero attached hydrogens (tertiary/aromatic N) is 5. The molecule has 0 saturated heterocycles. The number of nitrogens with one attached hydrogen (secondary N) is 1. The van der Waals surface area contributed by atoms with E-state index in [9.17, 15) is 25.0 Å². The minimum absolute atomic E-state index is 0.0116. The lowest BCUT2D eigenvalue weighted by Crippen LogP contribution is -2.29. The number of allylic oxidation sites excluding steroid dienone is 1. The van der Waals surface area contributed by atoms with Crippen molar-refractivity contribution in [2.24, 2.45) is 0 Å². The first-order chi connectivity index (χ1) is 16.8. The van der Waals surface area contributed by atoms with Crippen molar-refractivity contribution in [1.82, 2.24) is 14.8 Å². The van der Waals surface area contributed by atoms with E-state index in [0.717, 1.165) is 5.56 Å². The Bertz CT molecular complexity index is 1320. The fourth-order valence-electron chi connectivity index (χ4n) is 3.61. The molecule has 0 spiro atoms. The topological polar surface area (TPSA) is 155 Å². The van der Waals surface area contributed by atoms with E-state index in [0.29, 0.717) is 33.7 Å². The first-order valence-corrected chi connectivity index (χ1v) is 11.5. The summed E-state index contributed by atoms with van der Waals surface area (Å²) in [5.74, 6) is 0.355. The van der Waals surface area contributed by atoms with E-state index in [2.05, 4.69) is 15.4 Å². The molecular weight excluding hydrogens is 476 g/mol. The smallest absolute Gasteiger partial charge is 0.338 e. The lowest BCUT2D eigenvalue weighted by molar-refractivity contribution is -0.385. The Kier molecular flexibility index (Phi) is 6.78. The Labute approximate surface area is 203 Å². The summed E-state index contributed by atoms with van der Waals surface area (Å²) >= 11 is 1.33. The van der Waals surface area contributed by atoms with Crippen molar-refractivity contribution < 1.29 is 19.4 Å². The van der Waals surface area contributed by atoms with Gasteiger partial charge in [0.25, 0.3) is 11.4 Å². The standard InChI is InChI=1S/C22H20N6O6S/c1-3-34-20(29)18-13(2)23-21-24-22(35-12-14-4-8-16(9-5-14)27(30)31)25-26(21)19(18)15-6-10-17(11-7-15)28(32)33/h4-11,19H,3,12H2,1-2H3,(H,23,24,25). The number of ether oxygens (including phenoxy) is 1. The third-order valence-electron chi connectivity index (χ3n) is 5.26. The van der Waals surface area contributed by atoms with Crippen LogP contribution < -0.4 is 5.32 Å². The second-order valence-corrected chi connectivity index (χ2v) is 8.45. The molecule has 4 rings (SSSR count). The highest BCUT2D eigenvalue weighted by atomic mass is 32.2. The minimum Gasteiger partial charge on any atom is -0.463 e. The zero-order valence-corrected chi connectivity index (χ0v) is 19.5. The molecule has 0 aliphatic carbocycles. The highest BCUT2D eigenvalue weighted by Gasteiger charge is 2.35. The molecular formula is C22H20N6O6S. The van der Waals surface area contributed by atoms with E-state index in [1.807, 2.05) is 0 Å². The molecule has 1 aromatic heterocycles. The second kappa shape index (κ2) is 9.93. The summed E-state index contributed by atoms with van der Waals surface area (Å²) in [5, 5.41) is 30.0. The van der Waals surface area contributed by atoms with Crippen molar-refractivity contribution in [3.8, 4) is 0 Å². The number of benzene rings is 2. The van der Waals surface area contributed by atoms with Gasteiger partial charge in [0, 0.05) is 35.7 Å². The number of rotatable bonds is 8. The Morgan fingerprint density at radius 3 is 2.26 bits per heavy atom. The van der Waals surface area contributed by atoms with Gasteiger partial charge in [0.2, 0.25) is 11.1 Å². The van der Waals surface area contributed by atoms with Gasteiger partial charge in [0.1, 0.15) is 6.04 Å². The van der Waals surface area contributed by atoms with Gasteiger partial charge in [-0.05, 0) is 37.1 Å². The van der Waals surface area contributed by atoms with Gasteiger partial charge in [-0.1, -0.05) is 23.9 Å². The number of non-ortho nitro benzene ring substituents is 2. The van der Waals surface area contributed by atoms with E-state index < -0.39 is 21.9 Å². The van der Waals surface area contributed by atoms with Gasteiger partial charge in [0.05, 0.1) is 22.0 Å². The predicted molar refractivity (Wildman–Crippen MR) is 127 cm³/mol. The van der Waals surface area contributed by atoms with Crippen LogP contribution in [0.4, 0.5) is 17.3 Å². The molecule has 12 nitrogen and oxygen atoms in total. The summed E-state index contributed by atoms with van der Waals surface area (Å²) in [4.78, 5) is 38.3. The van der Waals surface area contributed by atoms with Crippen molar-refractivity contribution >= 4 is 35.1 Å². The van der Waals surface area contributed by atoms with Crippen molar-refractivity contribution in [2.75, 3.05) is 11.9 Å². The van der Waals surface area contributed by atoms with Gasteiger partial charge < -0.3 is 10.1 Å². The molecule has 0 amide bonds. The summed E-state index contributed by atoms with van der Waals surface area (Å²) in [5.41, 5.74) is 2.27. The van der Waals surface area contributed by atoms with E-state index in [1.165, 1.54) is 36.0 Å². The van der Waals surface area contributed by atoms with Crippen LogP contribution >= 0.6 is 11.8 Å². The average molecular weight is 497 g/mol. The van der Waals surface area contributed by atoms with E-state index >= 15 is 0 Å². The van der Waals surface area contributed by atoms with Crippen molar-refractivity contribution in [3.05, 3.63) is 91.2 Å². The lowest BCUT2D eigenvalue weighted by Gasteiger charge is -2.28. The number of aromatic nitrogens is 3. The largest absolute Gasteiger partial charge is 0.463 e. The molecule has 0 bridgehead atoms. The molecule has 1 N–H and O–H groups in total. The first-order valence-electron chi connectivity index (χ1n) is 10.5. The lowest BCUT2D eigenvalue weighted by atomic mass is 9.95. The molecule has 1 aliphatic rings. The zero-order chi connectivity index (χ0) is 25.1. The van der Waals surface area contributed by atoms with Crippen LogP contribution in [0.2, 0.25) is 0 Å². The monoisotopic (exact) mass is 496 g/mol. The third kappa shape index (κ3) is 4.99. The van der Waals surface area contributed by atoms with Crippen LogP contribution in [0, 0.1) is 20.2 Å². The third-order valence-corrected chi connectivity index (χ3v) is 6.17. The number of hydrogen-bond donors (Lipinski definition) is 1. The maximum absolute atomic E-state index is 12.8. The number of anilines is 1. The van der Waals surface area contributed by atoms with Gasteiger partial charge in [-0.3, -0.25) is 20.2 Å². The van der Waals surface area contributed by atoms with Crippen LogP contribution in [0.15, 0.2) is 65.0 Å². The Hall–Kier alpha value is -4.26. The SMILES string of the molecule is CCOC(=O)C1=C(C)Nc2nc(SCc3ccc([N+](=O)[O-])cc3)nn2C1c1ccc([N+](=O)[O-])cc1. The molecule has 0 radical (unpaired) electrons. The van der Waals surface area contributed by atoms with Crippen LogP contribution in [0.5, 0.6) is 0 Å². The number of nitro groups is 2. The Morgan fingerprint density at radius 1 is 1.09 bits per heavy atom. The minimum atomic E-state index is -0.702. The highest BCUT2D eigenvalue weighted by molar-refractivity contribution is 7.98. The highest BCUT2D eigenvalue weighted by Crippen LogP contribution is 2.37. The van der Waals surface area contributed by atoms with Gasteiger partial charge in [-0.2, -0.15) is 4.98 Å². The predicted octanol–water partition coefficient (Wildman–Crippen LogP) is 4.24. The molecule has 13 heteroatoms. The van der Waals surface area contributed by atoms with E-state index in [-0.39, 0.29) is 18.0 Å². The molecule has 2 aromatic carbocycles. The average Bonchev–Trinajstić information content (AvgIpc) is 3.24. The first kappa shape index (κ1) is 23.9. The fraction of sp³-hybridized carbons (Fsp3) is 0.227. The molecule has 1 unspecified atom stereocenters. The summed E-state index contributed by atoms with van der Waals surface area (Å²) in [6.45, 7) is 3.62. The maximum Gasteiger partial charge on any atom is 0.338 e. The number of nitro benzene ring substituents is 2. The molecule has 0 fully saturated rings. The van der Waals surface area contributed by atoms with Crippen molar-refractivity contribution in [2.45, 2.75) is 30.8 Å². The van der Waals surface area contributed by atoms with E-state index in [1.54, 1.807) is 42.8 Å². The summed E-state index contributed by atoms with van der Waals surface area (Å²) in [6.07, 6.45) is 0. The fourth-order valence-corrected chi connectivity index (χ4v) is 4.40.